The lowest BCUT2D eigenvalue weighted by molar-refractivity contribution is 0.102. The molecule has 36 heavy (non-hydrogen) atoms. The first-order valence-corrected chi connectivity index (χ1v) is 10.8. The molecule has 0 atom stereocenters. The summed E-state index contributed by atoms with van der Waals surface area (Å²) in [6.45, 7) is 0. The van der Waals surface area contributed by atoms with Crippen molar-refractivity contribution in [3.8, 4) is 28.4 Å². The quantitative estimate of drug-likeness (QED) is 0.418. The molecule has 0 spiro atoms. The van der Waals surface area contributed by atoms with E-state index in [1.165, 1.54) is 40.0 Å². The van der Waals surface area contributed by atoms with Crippen LogP contribution in [-0.4, -0.2) is 41.4 Å². The van der Waals surface area contributed by atoms with Gasteiger partial charge in [0.25, 0.3) is 11.5 Å². The number of nitrogens with two attached hydrogens (primary N) is 1. The molecule has 11 nitrogen and oxygen atoms in total. The number of nitrogens with zero attached hydrogens (tertiary/aromatic N) is 3. The number of ether oxygens (including phenoxy) is 3. The molecule has 0 unspecified atom stereocenters. The molecule has 0 saturated heterocycles. The van der Waals surface area contributed by atoms with Gasteiger partial charge in [0.15, 0.2) is 17.1 Å². The molecule has 0 bridgehead atoms. The largest absolute Gasteiger partial charge is 0.493 e. The van der Waals surface area contributed by atoms with Crippen LogP contribution >= 0.6 is 0 Å². The third-order valence-corrected chi connectivity index (χ3v) is 5.83. The molecule has 2 aromatic carbocycles. The van der Waals surface area contributed by atoms with Crippen molar-refractivity contribution in [3.05, 3.63) is 68.9 Å². The van der Waals surface area contributed by atoms with E-state index in [1.807, 2.05) is 6.07 Å². The summed E-state index contributed by atoms with van der Waals surface area (Å²) in [5, 5.41) is 2.82. The Kier molecular flexibility index (Phi) is 6.39. The van der Waals surface area contributed by atoms with Crippen LogP contribution in [0.2, 0.25) is 0 Å². The minimum absolute atomic E-state index is 0.0283. The summed E-state index contributed by atoms with van der Waals surface area (Å²) in [6, 6.07) is 12.0. The fraction of sp³-hybridized carbons (Fsp3) is 0.200. The Morgan fingerprint density at radius 1 is 0.944 bits per heavy atom. The van der Waals surface area contributed by atoms with E-state index in [9.17, 15) is 14.4 Å². The molecule has 0 aliphatic rings. The standard InChI is InChI=1S/C25H25N5O6/c1-29-22-19(24(32)30(2)25(29)33)17(13-11-15(34-3)20(36-5)16(12-13)35-4)18(21(26)28-22)23(31)27-14-9-7-6-8-10-14/h6-12H,1-5H3,(H2,26,28)(H,27,31). The highest BCUT2D eigenvalue weighted by Gasteiger charge is 2.27. The number of aromatic nitrogens is 3. The molecule has 186 valence electrons. The van der Waals surface area contributed by atoms with Crippen LogP contribution in [0.25, 0.3) is 22.2 Å². The van der Waals surface area contributed by atoms with E-state index >= 15 is 0 Å². The molecule has 1 amide bonds. The monoisotopic (exact) mass is 491 g/mol. The Morgan fingerprint density at radius 3 is 2.11 bits per heavy atom. The summed E-state index contributed by atoms with van der Waals surface area (Å²) in [7, 11) is 7.18. The molecule has 0 aliphatic carbocycles. The fourth-order valence-electron chi connectivity index (χ4n) is 4.07. The number of aryl methyl sites for hydroxylation is 1. The predicted octanol–water partition coefficient (Wildman–Crippen LogP) is 2.16. The van der Waals surface area contributed by atoms with Crippen LogP contribution in [0.15, 0.2) is 52.1 Å². The number of rotatable bonds is 6. The van der Waals surface area contributed by atoms with Gasteiger partial charge in [-0.2, -0.15) is 0 Å². The third kappa shape index (κ3) is 3.90. The Balaban J connectivity index is 2.16. The first-order valence-electron chi connectivity index (χ1n) is 10.8. The Labute approximate surface area is 205 Å². The molecule has 2 aromatic heterocycles. The van der Waals surface area contributed by atoms with Gasteiger partial charge in [0, 0.05) is 25.3 Å². The number of benzene rings is 2. The number of anilines is 2. The van der Waals surface area contributed by atoms with Crippen LogP contribution in [0, 0.1) is 0 Å². The maximum Gasteiger partial charge on any atom is 0.332 e. The van der Waals surface area contributed by atoms with Gasteiger partial charge in [-0.05, 0) is 29.8 Å². The van der Waals surface area contributed by atoms with E-state index in [-0.39, 0.29) is 28.0 Å². The number of pyridine rings is 1. The number of hydrogen-bond acceptors (Lipinski definition) is 8. The molecular formula is C25H25N5O6. The summed E-state index contributed by atoms with van der Waals surface area (Å²) in [5.41, 5.74) is 6.12. The van der Waals surface area contributed by atoms with E-state index in [2.05, 4.69) is 10.3 Å². The van der Waals surface area contributed by atoms with E-state index in [0.717, 1.165) is 4.57 Å². The number of para-hydroxylation sites is 1. The number of amides is 1. The van der Waals surface area contributed by atoms with Crippen molar-refractivity contribution < 1.29 is 19.0 Å². The fourth-order valence-corrected chi connectivity index (χ4v) is 4.07. The molecule has 0 saturated carbocycles. The number of nitrogen functional groups attached to an aromatic ring is 1. The van der Waals surface area contributed by atoms with E-state index in [0.29, 0.717) is 28.5 Å². The Hall–Kier alpha value is -4.80. The second-order valence-corrected chi connectivity index (χ2v) is 7.89. The summed E-state index contributed by atoms with van der Waals surface area (Å²) in [4.78, 5) is 43.9. The first kappa shape index (κ1) is 24.3. The Morgan fingerprint density at radius 2 is 1.56 bits per heavy atom. The molecular weight excluding hydrogens is 466 g/mol. The van der Waals surface area contributed by atoms with Crippen molar-refractivity contribution in [2.45, 2.75) is 0 Å². The van der Waals surface area contributed by atoms with Crippen LogP contribution in [-0.2, 0) is 14.1 Å². The molecule has 11 heteroatoms. The zero-order valence-electron chi connectivity index (χ0n) is 20.4. The van der Waals surface area contributed by atoms with Crippen LogP contribution in [0.1, 0.15) is 10.4 Å². The van der Waals surface area contributed by atoms with Crippen molar-refractivity contribution >= 4 is 28.4 Å². The zero-order chi connectivity index (χ0) is 26.1. The van der Waals surface area contributed by atoms with Crippen molar-refractivity contribution in [1.82, 2.24) is 14.1 Å². The number of methoxy groups -OCH3 is 3. The smallest absolute Gasteiger partial charge is 0.332 e. The van der Waals surface area contributed by atoms with Crippen molar-refractivity contribution in [2.24, 2.45) is 14.1 Å². The van der Waals surface area contributed by atoms with Gasteiger partial charge in [-0.25, -0.2) is 9.78 Å². The summed E-state index contributed by atoms with van der Waals surface area (Å²) in [5.74, 6) is 0.166. The highest BCUT2D eigenvalue weighted by molar-refractivity contribution is 6.16. The summed E-state index contributed by atoms with van der Waals surface area (Å²) >= 11 is 0. The number of nitrogens with one attached hydrogen (secondary N) is 1. The van der Waals surface area contributed by atoms with Gasteiger partial charge in [-0.15, -0.1) is 0 Å². The van der Waals surface area contributed by atoms with Gasteiger partial charge in [0.05, 0.1) is 32.3 Å². The van der Waals surface area contributed by atoms with Gasteiger partial charge >= 0.3 is 5.69 Å². The lowest BCUT2D eigenvalue weighted by Gasteiger charge is -2.19. The van der Waals surface area contributed by atoms with Gasteiger partial charge in [-0.3, -0.25) is 18.7 Å². The summed E-state index contributed by atoms with van der Waals surface area (Å²) < 4.78 is 18.5. The molecule has 2 heterocycles. The second-order valence-electron chi connectivity index (χ2n) is 7.89. The zero-order valence-corrected chi connectivity index (χ0v) is 20.4. The van der Waals surface area contributed by atoms with Crippen LogP contribution in [0.3, 0.4) is 0 Å². The summed E-state index contributed by atoms with van der Waals surface area (Å²) in [6.07, 6.45) is 0. The van der Waals surface area contributed by atoms with Crippen LogP contribution in [0.4, 0.5) is 11.5 Å². The highest BCUT2D eigenvalue weighted by Crippen LogP contribution is 2.43. The van der Waals surface area contributed by atoms with Crippen molar-refractivity contribution in [1.29, 1.82) is 0 Å². The first-order chi connectivity index (χ1) is 17.2. The molecule has 4 rings (SSSR count). The topological polar surface area (TPSA) is 140 Å². The lowest BCUT2D eigenvalue weighted by Crippen LogP contribution is -2.38. The predicted molar refractivity (Wildman–Crippen MR) is 136 cm³/mol. The number of fused-ring (bicyclic) bond motifs is 1. The van der Waals surface area contributed by atoms with Crippen molar-refractivity contribution in [3.63, 3.8) is 0 Å². The number of carbonyl (C=O) groups is 1. The molecule has 0 fully saturated rings. The maximum atomic E-state index is 13.6. The highest BCUT2D eigenvalue weighted by atomic mass is 16.5. The van der Waals surface area contributed by atoms with Gasteiger partial charge < -0.3 is 25.3 Å². The minimum atomic E-state index is -0.641. The van der Waals surface area contributed by atoms with Crippen molar-refractivity contribution in [2.75, 3.05) is 32.4 Å². The average Bonchev–Trinajstić information content (AvgIpc) is 2.89. The van der Waals surface area contributed by atoms with E-state index in [1.54, 1.807) is 36.4 Å². The number of hydrogen-bond donors (Lipinski definition) is 2. The van der Waals surface area contributed by atoms with Crippen LogP contribution in [0.5, 0.6) is 17.2 Å². The van der Waals surface area contributed by atoms with Crippen LogP contribution < -0.4 is 36.5 Å². The Bertz CT molecular complexity index is 1580. The molecule has 0 aliphatic heterocycles. The maximum absolute atomic E-state index is 13.6. The van der Waals surface area contributed by atoms with E-state index in [4.69, 9.17) is 19.9 Å². The van der Waals surface area contributed by atoms with Gasteiger partial charge in [0.2, 0.25) is 5.75 Å². The van der Waals surface area contributed by atoms with E-state index < -0.39 is 17.2 Å². The normalized spacial score (nSPS) is 10.8. The van der Waals surface area contributed by atoms with Gasteiger partial charge in [0.1, 0.15) is 5.82 Å². The SMILES string of the molecule is COc1cc(-c2c(C(=O)Nc3ccccc3)c(N)nc3c2c(=O)n(C)c(=O)n3C)cc(OC)c1OC. The lowest BCUT2D eigenvalue weighted by atomic mass is 9.95. The molecule has 0 radical (unpaired) electrons. The average molecular weight is 492 g/mol. The molecule has 3 N–H and O–H groups in total. The van der Waals surface area contributed by atoms with Gasteiger partial charge in [-0.1, -0.05) is 18.2 Å². The number of carbonyl (C=O) groups excluding carboxylic acids is 1. The minimum Gasteiger partial charge on any atom is -0.493 e. The second kappa shape index (κ2) is 9.45. The third-order valence-electron chi connectivity index (χ3n) is 5.83. The molecule has 4 aromatic rings.